The van der Waals surface area contributed by atoms with Gasteiger partial charge in [-0.05, 0) is 48.9 Å². The molecule has 0 bridgehead atoms. The first-order valence-electron chi connectivity index (χ1n) is 8.29. The summed E-state index contributed by atoms with van der Waals surface area (Å²) in [7, 11) is 0. The molecule has 0 fully saturated rings. The SMILES string of the molecule is CCCCOc1cccc(C(=O)Nc2nnc(-c3ccc(Br)cc3)o2)c1. The number of ether oxygens (including phenoxy) is 1. The molecule has 1 heterocycles. The van der Waals surface area contributed by atoms with E-state index >= 15 is 0 Å². The lowest BCUT2D eigenvalue weighted by atomic mass is 10.2. The summed E-state index contributed by atoms with van der Waals surface area (Å²) < 4.78 is 12.1. The lowest BCUT2D eigenvalue weighted by Crippen LogP contribution is -2.12. The van der Waals surface area contributed by atoms with Crippen LogP contribution in [0, 0.1) is 0 Å². The fourth-order valence-corrected chi connectivity index (χ4v) is 2.48. The Hall–Kier alpha value is -2.67. The summed E-state index contributed by atoms with van der Waals surface area (Å²) in [6.07, 6.45) is 2.02. The van der Waals surface area contributed by atoms with Crippen molar-refractivity contribution in [3.63, 3.8) is 0 Å². The average Bonchev–Trinajstić information content (AvgIpc) is 3.11. The Kier molecular flexibility index (Phi) is 6.01. The zero-order valence-corrected chi connectivity index (χ0v) is 15.8. The molecule has 1 amide bonds. The minimum atomic E-state index is -0.336. The number of hydrogen-bond donors (Lipinski definition) is 1. The summed E-state index contributed by atoms with van der Waals surface area (Å²) in [5, 5.41) is 10.4. The molecule has 0 aliphatic rings. The summed E-state index contributed by atoms with van der Waals surface area (Å²) in [5.74, 6) is 0.661. The van der Waals surface area contributed by atoms with Gasteiger partial charge in [-0.1, -0.05) is 40.4 Å². The predicted octanol–water partition coefficient (Wildman–Crippen LogP) is 4.93. The number of unbranched alkanes of at least 4 members (excludes halogenated alkanes) is 1. The number of halogens is 1. The zero-order valence-electron chi connectivity index (χ0n) is 14.2. The number of amides is 1. The quantitative estimate of drug-likeness (QED) is 0.553. The van der Waals surface area contributed by atoms with Crippen molar-refractivity contribution in [3.05, 3.63) is 58.6 Å². The minimum Gasteiger partial charge on any atom is -0.494 e. The van der Waals surface area contributed by atoms with Crippen LogP contribution in [0.3, 0.4) is 0 Å². The molecule has 1 N–H and O–H groups in total. The van der Waals surface area contributed by atoms with Crippen LogP contribution in [0.4, 0.5) is 6.01 Å². The topological polar surface area (TPSA) is 77.2 Å². The van der Waals surface area contributed by atoms with Gasteiger partial charge in [0.1, 0.15) is 5.75 Å². The molecule has 6 nitrogen and oxygen atoms in total. The van der Waals surface area contributed by atoms with Crippen LogP contribution in [-0.2, 0) is 0 Å². The van der Waals surface area contributed by atoms with Crippen molar-refractivity contribution >= 4 is 27.9 Å². The molecule has 0 saturated carbocycles. The van der Waals surface area contributed by atoms with Crippen molar-refractivity contribution in [2.24, 2.45) is 0 Å². The maximum Gasteiger partial charge on any atom is 0.322 e. The first kappa shape index (κ1) is 18.1. The van der Waals surface area contributed by atoms with Crippen LogP contribution in [0.15, 0.2) is 57.4 Å². The molecule has 134 valence electrons. The van der Waals surface area contributed by atoms with Crippen LogP contribution >= 0.6 is 15.9 Å². The van der Waals surface area contributed by atoms with Crippen molar-refractivity contribution in [1.82, 2.24) is 10.2 Å². The van der Waals surface area contributed by atoms with Gasteiger partial charge in [0.2, 0.25) is 5.89 Å². The van der Waals surface area contributed by atoms with Crippen LogP contribution in [0.2, 0.25) is 0 Å². The monoisotopic (exact) mass is 415 g/mol. The molecule has 0 saturated heterocycles. The van der Waals surface area contributed by atoms with Gasteiger partial charge in [0, 0.05) is 15.6 Å². The number of anilines is 1. The number of benzene rings is 2. The smallest absolute Gasteiger partial charge is 0.322 e. The molecule has 0 spiro atoms. The molecule has 3 aromatic rings. The third-order valence-corrected chi connectivity index (χ3v) is 4.13. The normalized spacial score (nSPS) is 10.5. The van der Waals surface area contributed by atoms with Crippen LogP contribution in [0.1, 0.15) is 30.1 Å². The highest BCUT2D eigenvalue weighted by atomic mass is 79.9. The number of rotatable bonds is 7. The Morgan fingerprint density at radius 2 is 2.00 bits per heavy atom. The Labute approximate surface area is 159 Å². The molecule has 0 radical (unpaired) electrons. The van der Waals surface area contributed by atoms with E-state index in [9.17, 15) is 4.79 Å². The van der Waals surface area contributed by atoms with Crippen LogP contribution in [-0.4, -0.2) is 22.7 Å². The highest BCUT2D eigenvalue weighted by Crippen LogP contribution is 2.22. The second kappa shape index (κ2) is 8.62. The number of carbonyl (C=O) groups is 1. The Morgan fingerprint density at radius 1 is 1.19 bits per heavy atom. The summed E-state index contributed by atoms with van der Waals surface area (Å²) >= 11 is 3.37. The van der Waals surface area contributed by atoms with E-state index in [0.717, 1.165) is 22.9 Å². The van der Waals surface area contributed by atoms with E-state index in [1.807, 2.05) is 30.3 Å². The molecular formula is C19H18BrN3O3. The number of aromatic nitrogens is 2. The first-order valence-corrected chi connectivity index (χ1v) is 9.08. The molecule has 0 aliphatic heterocycles. The minimum absolute atomic E-state index is 0.0465. The first-order chi connectivity index (χ1) is 12.7. The average molecular weight is 416 g/mol. The van der Waals surface area contributed by atoms with Gasteiger partial charge in [0.05, 0.1) is 6.61 Å². The summed E-state index contributed by atoms with van der Waals surface area (Å²) in [5.41, 5.74) is 1.23. The molecule has 2 aromatic carbocycles. The van der Waals surface area contributed by atoms with Gasteiger partial charge in [-0.15, -0.1) is 5.10 Å². The van der Waals surface area contributed by atoms with E-state index in [2.05, 4.69) is 38.4 Å². The van der Waals surface area contributed by atoms with Crippen molar-refractivity contribution in [2.75, 3.05) is 11.9 Å². The third-order valence-electron chi connectivity index (χ3n) is 3.60. The van der Waals surface area contributed by atoms with Crippen molar-refractivity contribution in [3.8, 4) is 17.2 Å². The Bertz CT molecular complexity index is 878. The van der Waals surface area contributed by atoms with Gasteiger partial charge in [-0.25, -0.2) is 0 Å². The summed E-state index contributed by atoms with van der Waals surface area (Å²) in [6, 6.07) is 14.5. The molecule has 1 aromatic heterocycles. The fourth-order valence-electron chi connectivity index (χ4n) is 2.21. The molecule has 0 atom stereocenters. The van der Waals surface area contributed by atoms with E-state index in [-0.39, 0.29) is 11.9 Å². The van der Waals surface area contributed by atoms with Gasteiger partial charge in [-0.2, -0.15) is 0 Å². The van der Waals surface area contributed by atoms with E-state index in [4.69, 9.17) is 9.15 Å². The van der Waals surface area contributed by atoms with Gasteiger partial charge in [0.25, 0.3) is 5.91 Å². The van der Waals surface area contributed by atoms with E-state index in [1.165, 1.54) is 0 Å². The van der Waals surface area contributed by atoms with Crippen LogP contribution in [0.5, 0.6) is 5.75 Å². The summed E-state index contributed by atoms with van der Waals surface area (Å²) in [6.45, 7) is 2.72. The van der Waals surface area contributed by atoms with Crippen molar-refractivity contribution in [1.29, 1.82) is 0 Å². The fraction of sp³-hybridized carbons (Fsp3) is 0.211. The van der Waals surface area contributed by atoms with Gasteiger partial charge >= 0.3 is 6.01 Å². The van der Waals surface area contributed by atoms with E-state index in [1.54, 1.807) is 18.2 Å². The molecular weight excluding hydrogens is 398 g/mol. The second-order valence-electron chi connectivity index (χ2n) is 5.60. The highest BCUT2D eigenvalue weighted by Gasteiger charge is 2.13. The number of carbonyl (C=O) groups excluding carboxylic acids is 1. The van der Waals surface area contributed by atoms with Gasteiger partial charge in [-0.3, -0.25) is 10.1 Å². The van der Waals surface area contributed by atoms with Gasteiger partial charge in [0.15, 0.2) is 0 Å². The molecule has 0 aliphatic carbocycles. The molecule has 7 heteroatoms. The van der Waals surface area contributed by atoms with E-state index < -0.39 is 0 Å². The second-order valence-corrected chi connectivity index (χ2v) is 6.52. The highest BCUT2D eigenvalue weighted by molar-refractivity contribution is 9.10. The van der Waals surface area contributed by atoms with Crippen molar-refractivity contribution < 1.29 is 13.9 Å². The van der Waals surface area contributed by atoms with Gasteiger partial charge < -0.3 is 9.15 Å². The zero-order chi connectivity index (χ0) is 18.4. The standard InChI is InChI=1S/C19H18BrN3O3/c1-2-3-11-25-16-6-4-5-14(12-16)17(24)21-19-23-22-18(26-19)13-7-9-15(20)10-8-13/h4-10,12H,2-3,11H2,1H3,(H,21,23,24). The lowest BCUT2D eigenvalue weighted by Gasteiger charge is -2.07. The molecule has 0 unspecified atom stereocenters. The van der Waals surface area contributed by atoms with Crippen LogP contribution < -0.4 is 10.1 Å². The Morgan fingerprint density at radius 3 is 2.77 bits per heavy atom. The third kappa shape index (κ3) is 4.70. The maximum atomic E-state index is 12.4. The Balaban J connectivity index is 1.66. The molecule has 26 heavy (non-hydrogen) atoms. The predicted molar refractivity (Wildman–Crippen MR) is 102 cm³/mol. The maximum absolute atomic E-state index is 12.4. The number of nitrogens with one attached hydrogen (secondary N) is 1. The number of nitrogens with zero attached hydrogens (tertiary/aromatic N) is 2. The largest absolute Gasteiger partial charge is 0.494 e. The van der Waals surface area contributed by atoms with Crippen molar-refractivity contribution in [2.45, 2.75) is 19.8 Å². The number of hydrogen-bond acceptors (Lipinski definition) is 5. The lowest BCUT2D eigenvalue weighted by molar-refractivity contribution is 0.102. The molecule has 3 rings (SSSR count). The van der Waals surface area contributed by atoms with Crippen LogP contribution in [0.25, 0.3) is 11.5 Å². The van der Waals surface area contributed by atoms with E-state index in [0.29, 0.717) is 23.8 Å². The summed E-state index contributed by atoms with van der Waals surface area (Å²) in [4.78, 5) is 12.4.